The fourth-order valence-corrected chi connectivity index (χ4v) is 5.58. The van der Waals surface area contributed by atoms with E-state index in [-0.39, 0.29) is 35.5 Å². The number of carbonyl (C=O) groups is 4. The third-order valence-electron chi connectivity index (χ3n) is 7.46. The molecule has 4 aromatic rings. The molecule has 18 heteroatoms. The summed E-state index contributed by atoms with van der Waals surface area (Å²) in [6.45, 7) is 4.97. The number of fused-ring (bicyclic) bond motifs is 1. The molecule has 1 aromatic carbocycles. The summed E-state index contributed by atoms with van der Waals surface area (Å²) in [5.74, 6) is 2.23. The van der Waals surface area contributed by atoms with Gasteiger partial charge in [-0.05, 0) is 48.9 Å². The van der Waals surface area contributed by atoms with Crippen molar-refractivity contribution in [2.45, 2.75) is 64.4 Å². The minimum atomic E-state index is -2.16. The largest absolute Gasteiger partial charge is 0.464 e. The minimum absolute atomic E-state index is 0.0462. The minimum Gasteiger partial charge on any atom is -0.464 e. The summed E-state index contributed by atoms with van der Waals surface area (Å²) in [6, 6.07) is 11.1. The highest BCUT2D eigenvalue weighted by atomic mass is 35.5. The zero-order chi connectivity index (χ0) is 36.7. The van der Waals surface area contributed by atoms with Crippen molar-refractivity contribution in [1.29, 1.82) is 0 Å². The Morgan fingerprint density at radius 3 is 2.39 bits per heavy atom. The molecule has 1 aliphatic rings. The van der Waals surface area contributed by atoms with Gasteiger partial charge in [0, 0.05) is 13.8 Å². The SMILES string of the molecule is CCOC(=O)C(OC[C@H]1O[C@@H](n2cnc3c(N)nc(Cl)nc32)[C@H](OC(C)=O)[C@]1(C#Cc1ccnn1Cc1ccccc1)OC(C)=O)C(=O)OCC. The maximum atomic E-state index is 12.9. The predicted octanol–water partition coefficient (Wildman–Crippen LogP) is 2.00. The van der Waals surface area contributed by atoms with Crippen LogP contribution >= 0.6 is 11.6 Å². The zero-order valence-electron chi connectivity index (χ0n) is 28.0. The van der Waals surface area contributed by atoms with E-state index in [1.165, 1.54) is 17.1 Å². The molecule has 1 fully saturated rings. The van der Waals surface area contributed by atoms with Crippen LogP contribution < -0.4 is 5.73 Å². The number of benzene rings is 1. The number of aromatic nitrogens is 6. The molecule has 17 nitrogen and oxygen atoms in total. The molecule has 0 radical (unpaired) electrons. The molecular weight excluding hydrogens is 690 g/mol. The Balaban J connectivity index is 1.66. The molecule has 4 heterocycles. The van der Waals surface area contributed by atoms with Crippen LogP contribution in [0, 0.1) is 11.8 Å². The van der Waals surface area contributed by atoms with Gasteiger partial charge in [0.05, 0.1) is 38.9 Å². The van der Waals surface area contributed by atoms with E-state index in [1.54, 1.807) is 24.6 Å². The summed E-state index contributed by atoms with van der Waals surface area (Å²) in [5.41, 5.74) is 5.44. The Morgan fingerprint density at radius 2 is 1.75 bits per heavy atom. The normalized spacial score (nSPS) is 19.7. The van der Waals surface area contributed by atoms with Gasteiger partial charge in [0.15, 0.2) is 17.7 Å². The van der Waals surface area contributed by atoms with Gasteiger partial charge in [0.1, 0.15) is 17.3 Å². The van der Waals surface area contributed by atoms with Gasteiger partial charge >= 0.3 is 23.9 Å². The van der Waals surface area contributed by atoms with Crippen molar-refractivity contribution in [2.75, 3.05) is 25.6 Å². The molecule has 0 unspecified atom stereocenters. The van der Waals surface area contributed by atoms with Crippen molar-refractivity contribution in [3.63, 3.8) is 0 Å². The standard InChI is InChI=1S/C33H34ClN7O10/c1-5-46-30(44)25(31(45)47-6-2)48-17-23-33(51-20(4)43,14-12-22-13-15-37-41(22)16-21-10-8-7-9-11-21)26(49-19(3)42)29(50-23)40-18-36-24-27(35)38-32(34)39-28(24)40/h7-11,13,15,18,23,25-26,29H,5-6,16-17H2,1-4H3,(H2,35,38,39)/t23-,26+,29-,33-/m1/s1. The third-order valence-corrected chi connectivity index (χ3v) is 7.63. The average molecular weight is 724 g/mol. The van der Waals surface area contributed by atoms with Crippen LogP contribution in [0.3, 0.4) is 0 Å². The van der Waals surface area contributed by atoms with Crippen LogP contribution in [0.15, 0.2) is 48.9 Å². The van der Waals surface area contributed by atoms with Crippen molar-refractivity contribution in [3.05, 3.63) is 65.5 Å². The third kappa shape index (κ3) is 8.09. The molecular formula is C33H34ClN7O10. The van der Waals surface area contributed by atoms with Gasteiger partial charge in [-0.1, -0.05) is 30.3 Å². The lowest BCUT2D eigenvalue weighted by molar-refractivity contribution is -0.183. The Morgan fingerprint density at radius 1 is 1.04 bits per heavy atom. The van der Waals surface area contributed by atoms with Crippen molar-refractivity contribution in [2.24, 2.45) is 0 Å². The molecule has 1 saturated heterocycles. The molecule has 0 aliphatic carbocycles. The Bertz CT molecular complexity index is 1960. The van der Waals surface area contributed by atoms with Crippen LogP contribution in [-0.4, -0.2) is 96.9 Å². The second kappa shape index (κ2) is 16.0. The van der Waals surface area contributed by atoms with Crippen LogP contribution in [0.25, 0.3) is 11.2 Å². The number of hydrogen-bond acceptors (Lipinski definition) is 15. The van der Waals surface area contributed by atoms with E-state index in [4.69, 9.17) is 45.8 Å². The maximum Gasteiger partial charge on any atom is 0.347 e. The summed E-state index contributed by atoms with van der Waals surface area (Å²) in [7, 11) is 0. The van der Waals surface area contributed by atoms with E-state index in [1.807, 2.05) is 30.3 Å². The Kier molecular flexibility index (Phi) is 11.5. The average Bonchev–Trinajstić information content (AvgIpc) is 3.77. The van der Waals surface area contributed by atoms with E-state index in [9.17, 15) is 19.2 Å². The fraction of sp³-hybridized carbons (Fsp3) is 0.394. The van der Waals surface area contributed by atoms with Crippen molar-refractivity contribution < 1.29 is 47.6 Å². The molecule has 0 bridgehead atoms. The van der Waals surface area contributed by atoms with Crippen LogP contribution in [0.5, 0.6) is 0 Å². The molecule has 3 aromatic heterocycles. The monoisotopic (exact) mass is 723 g/mol. The van der Waals surface area contributed by atoms with E-state index in [2.05, 4.69) is 31.9 Å². The summed E-state index contributed by atoms with van der Waals surface area (Å²) < 4.78 is 37.0. The lowest BCUT2D eigenvalue weighted by atomic mass is 9.91. The summed E-state index contributed by atoms with van der Waals surface area (Å²) in [6.07, 6.45) is -3.39. The number of ether oxygens (including phenoxy) is 6. The fourth-order valence-electron chi connectivity index (χ4n) is 5.41. The number of esters is 4. The molecule has 1 aliphatic heterocycles. The number of anilines is 1. The smallest absolute Gasteiger partial charge is 0.347 e. The number of nitrogens with zero attached hydrogens (tertiary/aromatic N) is 6. The number of carbonyl (C=O) groups excluding carboxylic acids is 4. The molecule has 51 heavy (non-hydrogen) atoms. The molecule has 4 atom stereocenters. The van der Waals surface area contributed by atoms with Crippen LogP contribution in [0.2, 0.25) is 5.28 Å². The van der Waals surface area contributed by atoms with E-state index in [0.29, 0.717) is 12.2 Å². The van der Waals surface area contributed by atoms with E-state index >= 15 is 0 Å². The molecule has 2 N–H and O–H groups in total. The zero-order valence-corrected chi connectivity index (χ0v) is 28.7. The lowest BCUT2D eigenvalue weighted by Gasteiger charge is -2.33. The highest BCUT2D eigenvalue weighted by Crippen LogP contribution is 2.43. The molecule has 268 valence electrons. The number of halogens is 1. The highest BCUT2D eigenvalue weighted by Gasteiger charge is 2.62. The first-order valence-electron chi connectivity index (χ1n) is 15.7. The Labute approximate surface area is 296 Å². The van der Waals surface area contributed by atoms with Gasteiger partial charge in [-0.2, -0.15) is 15.1 Å². The first kappa shape index (κ1) is 36.7. The maximum absolute atomic E-state index is 12.9. The highest BCUT2D eigenvalue weighted by molar-refractivity contribution is 6.28. The van der Waals surface area contributed by atoms with Crippen molar-refractivity contribution >= 4 is 52.5 Å². The van der Waals surface area contributed by atoms with Crippen LogP contribution in [-0.2, 0) is 54.1 Å². The number of nitrogen functional groups attached to an aromatic ring is 1. The topological polar surface area (TPSA) is 211 Å². The van der Waals surface area contributed by atoms with Gasteiger partial charge < -0.3 is 34.2 Å². The molecule has 5 rings (SSSR count). The number of rotatable bonds is 12. The molecule has 0 spiro atoms. The summed E-state index contributed by atoms with van der Waals surface area (Å²) in [5, 5.41) is 4.16. The van der Waals surface area contributed by atoms with Crippen LogP contribution in [0.4, 0.5) is 5.82 Å². The number of imidazole rings is 1. The molecule has 0 saturated carbocycles. The Hall–Kier alpha value is -5.57. The van der Waals surface area contributed by atoms with E-state index < -0.39 is 60.6 Å². The van der Waals surface area contributed by atoms with E-state index in [0.717, 1.165) is 19.4 Å². The van der Waals surface area contributed by atoms with Gasteiger partial charge in [-0.3, -0.25) is 18.8 Å². The van der Waals surface area contributed by atoms with Crippen molar-refractivity contribution in [3.8, 4) is 11.8 Å². The van der Waals surface area contributed by atoms with Gasteiger partial charge in [-0.25, -0.2) is 14.6 Å². The van der Waals surface area contributed by atoms with Crippen LogP contribution in [0.1, 0.15) is 45.2 Å². The summed E-state index contributed by atoms with van der Waals surface area (Å²) in [4.78, 5) is 63.7. The second-order valence-electron chi connectivity index (χ2n) is 11.0. The van der Waals surface area contributed by atoms with Gasteiger partial charge in [0.2, 0.25) is 17.0 Å². The first-order valence-corrected chi connectivity index (χ1v) is 16.1. The lowest BCUT2D eigenvalue weighted by Crippen LogP contribution is -2.54. The molecule has 0 amide bonds. The van der Waals surface area contributed by atoms with Gasteiger partial charge in [0.25, 0.3) is 6.10 Å². The summed E-state index contributed by atoms with van der Waals surface area (Å²) >= 11 is 6.13. The second-order valence-corrected chi connectivity index (χ2v) is 11.3. The van der Waals surface area contributed by atoms with Crippen molar-refractivity contribution in [1.82, 2.24) is 29.3 Å². The van der Waals surface area contributed by atoms with Gasteiger partial charge in [-0.15, -0.1) is 0 Å². The first-order chi connectivity index (χ1) is 24.5. The predicted molar refractivity (Wildman–Crippen MR) is 176 cm³/mol. The number of nitrogens with two attached hydrogens (primary N) is 1. The number of hydrogen-bond donors (Lipinski definition) is 1. The quantitative estimate of drug-likeness (QED) is 0.0728.